The Bertz CT molecular complexity index is 334. The van der Waals surface area contributed by atoms with E-state index in [1.807, 2.05) is 13.0 Å². The average molecular weight is 192 g/mol. The number of aromatic nitrogens is 2. The second kappa shape index (κ2) is 4.84. The number of rotatable bonds is 4. The van der Waals surface area contributed by atoms with Crippen LogP contribution in [0.15, 0.2) is 6.07 Å². The number of nitrogens with zero attached hydrogens (tertiary/aromatic N) is 2. The van der Waals surface area contributed by atoms with Crippen LogP contribution in [0.2, 0.25) is 0 Å². The molecule has 0 aliphatic rings. The van der Waals surface area contributed by atoms with E-state index in [9.17, 15) is 4.79 Å². The van der Waals surface area contributed by atoms with Crippen molar-refractivity contribution in [3.63, 3.8) is 0 Å². The van der Waals surface area contributed by atoms with E-state index in [0.717, 1.165) is 23.6 Å². The summed E-state index contributed by atoms with van der Waals surface area (Å²) < 4.78 is 0. The van der Waals surface area contributed by atoms with Crippen LogP contribution < -0.4 is 0 Å². The maximum Gasteiger partial charge on any atom is 0.130 e. The van der Waals surface area contributed by atoms with E-state index >= 15 is 0 Å². The fraction of sp³-hybridized carbons (Fsp3) is 0.545. The highest BCUT2D eigenvalue weighted by Gasteiger charge is 2.02. The second-order valence-corrected chi connectivity index (χ2v) is 3.47. The molecule has 1 heterocycles. The first kappa shape index (κ1) is 10.8. The minimum Gasteiger partial charge on any atom is -0.300 e. The Morgan fingerprint density at radius 1 is 1.43 bits per heavy atom. The van der Waals surface area contributed by atoms with Crippen molar-refractivity contribution in [2.75, 3.05) is 0 Å². The number of aryl methyl sites for hydroxylation is 3. The smallest absolute Gasteiger partial charge is 0.130 e. The van der Waals surface area contributed by atoms with Gasteiger partial charge < -0.3 is 4.79 Å². The lowest BCUT2D eigenvalue weighted by molar-refractivity contribution is -0.117. The molecule has 1 aromatic heterocycles. The Hall–Kier alpha value is -1.25. The summed E-state index contributed by atoms with van der Waals surface area (Å²) in [4.78, 5) is 19.5. The number of ketones is 1. The number of carbonyl (C=O) groups is 1. The molecule has 0 fully saturated rings. The highest BCUT2D eigenvalue weighted by molar-refractivity contribution is 5.75. The molecule has 3 heteroatoms. The van der Waals surface area contributed by atoms with Gasteiger partial charge in [0, 0.05) is 24.2 Å². The molecule has 0 bridgehead atoms. The van der Waals surface area contributed by atoms with Crippen LogP contribution in [-0.4, -0.2) is 15.8 Å². The quantitative estimate of drug-likeness (QED) is 0.731. The molecular formula is C11H16N2O. The van der Waals surface area contributed by atoms with Gasteiger partial charge in [-0.15, -0.1) is 0 Å². The molecule has 0 spiro atoms. The number of carbonyl (C=O) groups excluding carboxylic acids is 1. The molecule has 0 amide bonds. The Balaban J connectivity index is 2.76. The van der Waals surface area contributed by atoms with E-state index < -0.39 is 0 Å². The van der Waals surface area contributed by atoms with Gasteiger partial charge in [-0.2, -0.15) is 0 Å². The van der Waals surface area contributed by atoms with Crippen LogP contribution in [0.5, 0.6) is 0 Å². The third-order valence-corrected chi connectivity index (χ3v) is 2.02. The Morgan fingerprint density at radius 2 is 2.14 bits per heavy atom. The highest BCUT2D eigenvalue weighted by Crippen LogP contribution is 2.03. The minimum atomic E-state index is 0.188. The van der Waals surface area contributed by atoms with Gasteiger partial charge in [0.25, 0.3) is 0 Å². The van der Waals surface area contributed by atoms with E-state index in [1.165, 1.54) is 0 Å². The average Bonchev–Trinajstić information content (AvgIpc) is 2.14. The van der Waals surface area contributed by atoms with Crippen LogP contribution in [0.1, 0.15) is 37.5 Å². The van der Waals surface area contributed by atoms with Crippen molar-refractivity contribution < 1.29 is 4.79 Å². The molecule has 0 saturated carbocycles. The lowest BCUT2D eigenvalue weighted by atomic mass is 10.2. The zero-order chi connectivity index (χ0) is 10.6. The standard InChI is InChI=1S/C11H16N2O/c1-4-10-7-8(2)12-11(13-10)6-5-9(3)14/h7H,4-6H2,1-3H3. The lowest BCUT2D eigenvalue weighted by Gasteiger charge is -2.02. The first-order valence-electron chi connectivity index (χ1n) is 4.94. The molecule has 14 heavy (non-hydrogen) atoms. The molecule has 76 valence electrons. The largest absolute Gasteiger partial charge is 0.300 e. The molecule has 0 saturated heterocycles. The van der Waals surface area contributed by atoms with E-state index in [1.54, 1.807) is 6.92 Å². The molecule has 3 nitrogen and oxygen atoms in total. The second-order valence-electron chi connectivity index (χ2n) is 3.47. The van der Waals surface area contributed by atoms with Gasteiger partial charge in [0.1, 0.15) is 11.6 Å². The van der Waals surface area contributed by atoms with Crippen LogP contribution in [0.25, 0.3) is 0 Å². The summed E-state index contributed by atoms with van der Waals surface area (Å²) in [7, 11) is 0. The molecule has 0 aliphatic carbocycles. The van der Waals surface area contributed by atoms with Gasteiger partial charge in [0.2, 0.25) is 0 Å². The van der Waals surface area contributed by atoms with Crippen molar-refractivity contribution >= 4 is 5.78 Å². The van der Waals surface area contributed by atoms with Crippen LogP contribution in [0.3, 0.4) is 0 Å². The third-order valence-electron chi connectivity index (χ3n) is 2.02. The minimum absolute atomic E-state index is 0.188. The SMILES string of the molecule is CCc1cc(C)nc(CCC(C)=O)n1. The fourth-order valence-electron chi connectivity index (χ4n) is 1.28. The van der Waals surface area contributed by atoms with E-state index in [0.29, 0.717) is 12.8 Å². The van der Waals surface area contributed by atoms with Crippen LogP contribution in [-0.2, 0) is 17.6 Å². The van der Waals surface area contributed by atoms with Crippen molar-refractivity contribution in [3.05, 3.63) is 23.3 Å². The number of Topliss-reactive ketones (excluding diaryl/α,β-unsaturated/α-hetero) is 1. The van der Waals surface area contributed by atoms with Gasteiger partial charge in [0.15, 0.2) is 0 Å². The summed E-state index contributed by atoms with van der Waals surface area (Å²) in [5.74, 6) is 0.977. The van der Waals surface area contributed by atoms with Gasteiger partial charge in [0.05, 0.1) is 0 Å². The molecular weight excluding hydrogens is 176 g/mol. The summed E-state index contributed by atoms with van der Waals surface area (Å²) in [6.45, 7) is 5.62. The van der Waals surface area contributed by atoms with Gasteiger partial charge in [-0.3, -0.25) is 0 Å². The lowest BCUT2D eigenvalue weighted by Crippen LogP contribution is -2.03. The molecule has 0 unspecified atom stereocenters. The fourth-order valence-corrected chi connectivity index (χ4v) is 1.28. The maximum absolute atomic E-state index is 10.8. The molecule has 0 aliphatic heterocycles. The Morgan fingerprint density at radius 3 is 2.71 bits per heavy atom. The summed E-state index contributed by atoms with van der Waals surface area (Å²) in [5.41, 5.74) is 2.03. The van der Waals surface area contributed by atoms with E-state index in [2.05, 4.69) is 16.9 Å². The van der Waals surface area contributed by atoms with Crippen molar-refractivity contribution in [1.82, 2.24) is 9.97 Å². The van der Waals surface area contributed by atoms with Gasteiger partial charge in [-0.1, -0.05) is 6.92 Å². The summed E-state index contributed by atoms with van der Waals surface area (Å²) in [6.07, 6.45) is 2.10. The molecule has 0 atom stereocenters. The van der Waals surface area contributed by atoms with Crippen molar-refractivity contribution in [3.8, 4) is 0 Å². The number of hydrogen-bond acceptors (Lipinski definition) is 3. The number of hydrogen-bond donors (Lipinski definition) is 0. The monoisotopic (exact) mass is 192 g/mol. The van der Waals surface area contributed by atoms with Crippen LogP contribution in [0, 0.1) is 6.92 Å². The summed E-state index contributed by atoms with van der Waals surface area (Å²) >= 11 is 0. The maximum atomic E-state index is 10.8. The zero-order valence-corrected chi connectivity index (χ0v) is 9.00. The van der Waals surface area contributed by atoms with E-state index in [-0.39, 0.29) is 5.78 Å². The van der Waals surface area contributed by atoms with Crippen molar-refractivity contribution in [1.29, 1.82) is 0 Å². The first-order valence-corrected chi connectivity index (χ1v) is 4.94. The Kier molecular flexibility index (Phi) is 3.74. The molecule has 0 N–H and O–H groups in total. The molecule has 0 radical (unpaired) electrons. The topological polar surface area (TPSA) is 42.9 Å². The predicted molar refractivity (Wildman–Crippen MR) is 55.1 cm³/mol. The van der Waals surface area contributed by atoms with Crippen LogP contribution >= 0.6 is 0 Å². The zero-order valence-electron chi connectivity index (χ0n) is 9.00. The molecule has 1 rings (SSSR count). The molecule has 0 aromatic carbocycles. The van der Waals surface area contributed by atoms with E-state index in [4.69, 9.17) is 0 Å². The summed E-state index contributed by atoms with van der Waals surface area (Å²) in [6, 6.07) is 1.98. The Labute approximate surface area is 84.6 Å². The normalized spacial score (nSPS) is 10.2. The van der Waals surface area contributed by atoms with Gasteiger partial charge in [-0.25, -0.2) is 9.97 Å². The first-order chi connectivity index (χ1) is 6.61. The third kappa shape index (κ3) is 3.24. The highest BCUT2D eigenvalue weighted by atomic mass is 16.1. The van der Waals surface area contributed by atoms with Gasteiger partial charge in [-0.05, 0) is 26.3 Å². The molecule has 1 aromatic rings. The van der Waals surface area contributed by atoms with Crippen molar-refractivity contribution in [2.24, 2.45) is 0 Å². The van der Waals surface area contributed by atoms with Gasteiger partial charge >= 0.3 is 0 Å². The van der Waals surface area contributed by atoms with Crippen molar-refractivity contribution in [2.45, 2.75) is 40.0 Å². The summed E-state index contributed by atoms with van der Waals surface area (Å²) in [5, 5.41) is 0. The predicted octanol–water partition coefficient (Wildman–Crippen LogP) is 1.87. The van der Waals surface area contributed by atoms with Crippen LogP contribution in [0.4, 0.5) is 0 Å².